The molecule has 0 aromatic rings. The van der Waals surface area contributed by atoms with Crippen molar-refractivity contribution < 1.29 is 14.3 Å². The zero-order valence-corrected chi connectivity index (χ0v) is 18.5. The van der Waals surface area contributed by atoms with Crippen LogP contribution in [0.4, 0.5) is 0 Å². The van der Waals surface area contributed by atoms with Crippen LogP contribution in [0.3, 0.4) is 0 Å². The van der Waals surface area contributed by atoms with Crippen LogP contribution >= 0.6 is 0 Å². The molecule has 1 aliphatic heterocycles. The number of unbranched alkanes of at least 4 members (excludes halogenated alkanes) is 2. The summed E-state index contributed by atoms with van der Waals surface area (Å²) in [5.41, 5.74) is 0. The Hall–Kier alpha value is -1.66. The first-order valence-corrected chi connectivity index (χ1v) is 11.3. The number of hydrogen-bond donors (Lipinski definition) is 2. The second-order valence-electron chi connectivity index (χ2n) is 7.59. The lowest BCUT2D eigenvalue weighted by Gasteiger charge is -2.21. The molecule has 1 atom stereocenters. The molecule has 0 radical (unpaired) electrons. The number of rotatable bonds is 18. The van der Waals surface area contributed by atoms with Gasteiger partial charge in [-0.3, -0.25) is 9.59 Å². The summed E-state index contributed by atoms with van der Waals surface area (Å²) in [4.78, 5) is 25.9. The summed E-state index contributed by atoms with van der Waals surface area (Å²) in [6.07, 6.45) is 15.4. The van der Waals surface area contributed by atoms with Crippen molar-refractivity contribution in [2.75, 3.05) is 39.3 Å². The normalized spacial score (nSPS) is 16.0. The van der Waals surface area contributed by atoms with Crippen LogP contribution in [0.1, 0.15) is 65.2 Å². The van der Waals surface area contributed by atoms with Gasteiger partial charge in [-0.15, -0.1) is 0 Å². The standard InChI is InChI=1S/C23H41N3O3/c1-3-5-7-9-13-22(27)24-15-11-17-26(19-21-20-29-21)18-12-16-25-23(28)14-10-8-6-4-2/h7-10,21H,3-6,11-20H2,1-2H3,(H,24,27)(H,25,28)/b9-7+,10-8+. The number of epoxide rings is 1. The van der Waals surface area contributed by atoms with Crippen molar-refractivity contribution in [1.29, 1.82) is 0 Å². The number of allylic oxidation sites excluding steroid dienone is 2. The maximum absolute atomic E-state index is 11.8. The number of carbonyl (C=O) groups is 2. The number of ether oxygens (including phenoxy) is 1. The van der Waals surface area contributed by atoms with Crippen molar-refractivity contribution in [2.45, 2.75) is 71.3 Å². The fourth-order valence-corrected chi connectivity index (χ4v) is 2.91. The first-order chi connectivity index (χ1) is 14.2. The summed E-state index contributed by atoms with van der Waals surface area (Å²) in [6.45, 7) is 9.29. The van der Waals surface area contributed by atoms with Crippen molar-refractivity contribution in [2.24, 2.45) is 0 Å². The summed E-state index contributed by atoms with van der Waals surface area (Å²) < 4.78 is 5.36. The van der Waals surface area contributed by atoms with Crippen molar-refractivity contribution in [3.8, 4) is 0 Å². The third-order valence-electron chi connectivity index (χ3n) is 4.66. The molecule has 0 aromatic heterocycles. The molecule has 2 amide bonds. The minimum atomic E-state index is 0.0881. The van der Waals surface area contributed by atoms with Gasteiger partial charge in [0.05, 0.1) is 12.7 Å². The fraction of sp³-hybridized carbons (Fsp3) is 0.739. The largest absolute Gasteiger partial charge is 0.372 e. The first kappa shape index (κ1) is 25.4. The van der Waals surface area contributed by atoms with E-state index in [1.54, 1.807) is 0 Å². The lowest BCUT2D eigenvalue weighted by atomic mass is 10.2. The van der Waals surface area contributed by atoms with Crippen molar-refractivity contribution >= 4 is 11.8 Å². The molecule has 166 valence electrons. The number of nitrogens with one attached hydrogen (secondary N) is 2. The second kappa shape index (κ2) is 17.2. The minimum absolute atomic E-state index is 0.0881. The monoisotopic (exact) mass is 407 g/mol. The Morgan fingerprint density at radius 2 is 1.38 bits per heavy atom. The number of carbonyl (C=O) groups excluding carboxylic acids is 2. The van der Waals surface area contributed by atoms with Crippen molar-refractivity contribution in [3.05, 3.63) is 24.3 Å². The smallest absolute Gasteiger partial charge is 0.223 e. The van der Waals surface area contributed by atoms with E-state index in [-0.39, 0.29) is 11.8 Å². The molecule has 0 saturated carbocycles. The summed E-state index contributed by atoms with van der Waals surface area (Å²) in [5, 5.41) is 5.97. The van der Waals surface area contributed by atoms with E-state index in [2.05, 4.69) is 41.5 Å². The van der Waals surface area contributed by atoms with Crippen LogP contribution in [0, 0.1) is 0 Å². The van der Waals surface area contributed by atoms with Gasteiger partial charge in [-0.25, -0.2) is 0 Å². The molecule has 1 fully saturated rings. The molecule has 1 rings (SSSR count). The van der Waals surface area contributed by atoms with E-state index in [1.165, 1.54) is 0 Å². The van der Waals surface area contributed by atoms with E-state index >= 15 is 0 Å². The van der Waals surface area contributed by atoms with Gasteiger partial charge >= 0.3 is 0 Å². The highest BCUT2D eigenvalue weighted by Gasteiger charge is 2.25. The predicted octanol–water partition coefficient (Wildman–Crippen LogP) is 3.19. The van der Waals surface area contributed by atoms with Crippen LogP contribution < -0.4 is 10.6 Å². The number of hydrogen-bond acceptors (Lipinski definition) is 4. The molecule has 1 heterocycles. The minimum Gasteiger partial charge on any atom is -0.372 e. The van der Waals surface area contributed by atoms with Gasteiger partial charge in [-0.2, -0.15) is 0 Å². The second-order valence-corrected chi connectivity index (χ2v) is 7.59. The summed E-state index contributed by atoms with van der Waals surface area (Å²) in [6, 6.07) is 0. The van der Waals surface area contributed by atoms with Gasteiger partial charge in [-0.1, -0.05) is 51.0 Å². The Morgan fingerprint density at radius 1 is 0.897 bits per heavy atom. The summed E-state index contributed by atoms with van der Waals surface area (Å²) in [5.74, 6) is 0.176. The van der Waals surface area contributed by atoms with E-state index in [4.69, 9.17) is 4.74 Å². The van der Waals surface area contributed by atoms with Crippen LogP contribution in [0.5, 0.6) is 0 Å². The van der Waals surface area contributed by atoms with Crippen molar-refractivity contribution in [1.82, 2.24) is 15.5 Å². The number of amides is 2. The molecular weight excluding hydrogens is 366 g/mol. The van der Waals surface area contributed by atoms with Crippen LogP contribution in [0.15, 0.2) is 24.3 Å². The molecule has 1 unspecified atom stereocenters. The third-order valence-corrected chi connectivity index (χ3v) is 4.66. The molecule has 0 spiro atoms. The van der Waals surface area contributed by atoms with E-state index < -0.39 is 0 Å². The van der Waals surface area contributed by atoms with Crippen LogP contribution in [0.2, 0.25) is 0 Å². The predicted molar refractivity (Wildman–Crippen MR) is 119 cm³/mol. The quantitative estimate of drug-likeness (QED) is 0.208. The molecule has 2 N–H and O–H groups in total. The molecule has 1 saturated heterocycles. The zero-order valence-electron chi connectivity index (χ0n) is 18.5. The Labute approximate surface area is 177 Å². The van der Waals surface area contributed by atoms with E-state index in [1.807, 2.05) is 12.2 Å². The average Bonchev–Trinajstić information content (AvgIpc) is 3.53. The number of nitrogens with zero attached hydrogens (tertiary/aromatic N) is 1. The lowest BCUT2D eigenvalue weighted by Crippen LogP contribution is -2.34. The highest BCUT2D eigenvalue weighted by molar-refractivity contribution is 5.77. The Kier molecular flexibility index (Phi) is 15.1. The lowest BCUT2D eigenvalue weighted by molar-refractivity contribution is -0.121. The van der Waals surface area contributed by atoms with Crippen LogP contribution in [-0.4, -0.2) is 62.1 Å². The molecule has 6 heteroatoms. The maximum Gasteiger partial charge on any atom is 0.223 e. The average molecular weight is 408 g/mol. The van der Waals surface area contributed by atoms with E-state index in [0.717, 1.165) is 64.8 Å². The molecule has 1 aliphatic rings. The molecule has 0 aliphatic carbocycles. The van der Waals surface area contributed by atoms with Gasteiger partial charge in [0.2, 0.25) is 11.8 Å². The summed E-state index contributed by atoms with van der Waals surface area (Å²) in [7, 11) is 0. The SMILES string of the molecule is CCC/C=C/CC(=O)NCCCN(CCCNC(=O)C/C=C/CCC)CC1CO1. The van der Waals surface area contributed by atoms with Crippen molar-refractivity contribution in [3.63, 3.8) is 0 Å². The molecule has 29 heavy (non-hydrogen) atoms. The Balaban J connectivity index is 2.12. The highest BCUT2D eigenvalue weighted by atomic mass is 16.6. The fourth-order valence-electron chi connectivity index (χ4n) is 2.91. The molecule has 0 bridgehead atoms. The zero-order chi connectivity index (χ0) is 21.2. The van der Waals surface area contributed by atoms with Crippen LogP contribution in [-0.2, 0) is 14.3 Å². The van der Waals surface area contributed by atoms with Gasteiger partial charge in [-0.05, 0) is 38.8 Å². The van der Waals surface area contributed by atoms with Gasteiger partial charge < -0.3 is 20.3 Å². The van der Waals surface area contributed by atoms with Gasteiger partial charge in [0.1, 0.15) is 0 Å². The van der Waals surface area contributed by atoms with Gasteiger partial charge in [0.15, 0.2) is 0 Å². The Bertz CT molecular complexity index is 464. The first-order valence-electron chi connectivity index (χ1n) is 11.3. The Morgan fingerprint density at radius 3 is 1.79 bits per heavy atom. The van der Waals surface area contributed by atoms with Gasteiger partial charge in [0.25, 0.3) is 0 Å². The van der Waals surface area contributed by atoms with E-state index in [0.29, 0.717) is 32.0 Å². The topological polar surface area (TPSA) is 74.0 Å². The van der Waals surface area contributed by atoms with Crippen LogP contribution in [0.25, 0.3) is 0 Å². The molecule has 0 aromatic carbocycles. The third kappa shape index (κ3) is 15.9. The molecular formula is C23H41N3O3. The summed E-state index contributed by atoms with van der Waals surface area (Å²) >= 11 is 0. The maximum atomic E-state index is 11.8. The highest BCUT2D eigenvalue weighted by Crippen LogP contribution is 2.11. The molecule has 6 nitrogen and oxygen atoms in total. The van der Waals surface area contributed by atoms with E-state index in [9.17, 15) is 9.59 Å². The van der Waals surface area contributed by atoms with Gasteiger partial charge in [0, 0.05) is 32.5 Å².